The van der Waals surface area contributed by atoms with Crippen molar-refractivity contribution in [1.29, 1.82) is 0 Å². The summed E-state index contributed by atoms with van der Waals surface area (Å²) in [6.07, 6.45) is 0. The summed E-state index contributed by atoms with van der Waals surface area (Å²) in [5.74, 6) is 1.60. The molecule has 8 heteroatoms. The maximum atomic E-state index is 12.6. The van der Waals surface area contributed by atoms with Gasteiger partial charge in [-0.15, -0.1) is 0 Å². The zero-order valence-electron chi connectivity index (χ0n) is 13.8. The Labute approximate surface area is 164 Å². The van der Waals surface area contributed by atoms with E-state index in [4.69, 9.17) is 37.4 Å². The first-order valence-electron chi connectivity index (χ1n) is 6.57. The molecule has 0 aliphatic carbocycles. The Morgan fingerprint density at radius 3 is 1.88 bits per heavy atom. The zero-order valence-corrected chi connectivity index (χ0v) is 16.3. The molecule has 0 saturated heterocycles. The predicted octanol–water partition coefficient (Wildman–Crippen LogP) is 3.78. The molecular formula is C16H15Cl2LiO4P. The molecule has 1 atom stereocenters. The summed E-state index contributed by atoms with van der Waals surface area (Å²) < 4.78 is 15.9. The molecule has 0 amide bonds. The van der Waals surface area contributed by atoms with Gasteiger partial charge < -0.3 is 14.2 Å². The molecule has 0 saturated carbocycles. The van der Waals surface area contributed by atoms with Gasteiger partial charge in [-0.2, -0.15) is 0 Å². The number of carbonyl (C=O) groups is 1. The summed E-state index contributed by atoms with van der Waals surface area (Å²) in [5.41, 5.74) is 0.108. The molecule has 1 radical (unpaired) electrons. The number of ether oxygens (including phenoxy) is 3. The average molecular weight is 380 g/mol. The molecule has 0 N–H and O–H groups in total. The van der Waals surface area contributed by atoms with Crippen LogP contribution in [-0.4, -0.2) is 45.7 Å². The van der Waals surface area contributed by atoms with Crippen LogP contribution in [0.2, 0.25) is 10.0 Å². The van der Waals surface area contributed by atoms with Crippen molar-refractivity contribution < 1.29 is 19.0 Å². The van der Waals surface area contributed by atoms with Crippen molar-refractivity contribution in [3.05, 3.63) is 45.9 Å². The van der Waals surface area contributed by atoms with E-state index < -0.39 is 0 Å². The Bertz CT molecular complexity index is 695. The average Bonchev–Trinajstić information content (AvgIpc) is 2.54. The van der Waals surface area contributed by atoms with Crippen molar-refractivity contribution in [3.63, 3.8) is 0 Å². The first-order valence-corrected chi connectivity index (χ1v) is 8.32. The van der Waals surface area contributed by atoms with Gasteiger partial charge >= 0.3 is 0 Å². The fourth-order valence-corrected chi connectivity index (χ4v) is 3.96. The summed E-state index contributed by atoms with van der Waals surface area (Å²) in [7, 11) is 4.34. The van der Waals surface area contributed by atoms with E-state index in [0.29, 0.717) is 38.2 Å². The summed E-state index contributed by atoms with van der Waals surface area (Å²) >= 11 is 12.2. The van der Waals surface area contributed by atoms with Crippen LogP contribution >= 0.6 is 31.8 Å². The molecule has 0 spiro atoms. The van der Waals surface area contributed by atoms with Gasteiger partial charge in [0.25, 0.3) is 0 Å². The van der Waals surface area contributed by atoms with E-state index in [1.807, 2.05) is 0 Å². The van der Waals surface area contributed by atoms with Crippen LogP contribution in [0.3, 0.4) is 0 Å². The summed E-state index contributed by atoms with van der Waals surface area (Å²) in [6, 6.07) is 8.36. The van der Waals surface area contributed by atoms with Gasteiger partial charge in [-0.05, 0) is 20.7 Å². The molecule has 2 aromatic rings. The van der Waals surface area contributed by atoms with Gasteiger partial charge in [0.15, 0.2) is 5.52 Å². The molecule has 0 aliphatic rings. The van der Waals surface area contributed by atoms with Crippen LogP contribution in [0.5, 0.6) is 17.2 Å². The first kappa shape index (κ1) is 21.2. The second-order valence-corrected chi connectivity index (χ2v) is 6.48. The van der Waals surface area contributed by atoms with Gasteiger partial charge in [-0.25, -0.2) is 0 Å². The van der Waals surface area contributed by atoms with E-state index in [1.54, 1.807) is 37.4 Å². The van der Waals surface area contributed by atoms with Gasteiger partial charge in [0.05, 0.1) is 42.2 Å². The number of hydrogen-bond donors (Lipinski definition) is 0. The fourth-order valence-electron chi connectivity index (χ4n) is 2.02. The molecule has 1 unspecified atom stereocenters. The Morgan fingerprint density at radius 2 is 1.46 bits per heavy atom. The number of benzene rings is 2. The van der Waals surface area contributed by atoms with Crippen LogP contribution in [-0.2, 0) is 0 Å². The normalized spacial score (nSPS) is 10.4. The maximum absolute atomic E-state index is 12.6. The Morgan fingerprint density at radius 1 is 0.958 bits per heavy atom. The monoisotopic (exact) mass is 379 g/mol. The minimum Gasteiger partial charge on any atom is -0.496 e. The van der Waals surface area contributed by atoms with E-state index in [1.165, 1.54) is 14.2 Å². The quantitative estimate of drug-likeness (QED) is 0.565. The number of halogens is 2. The maximum Gasteiger partial charge on any atom is 0.188 e. The van der Waals surface area contributed by atoms with Crippen molar-refractivity contribution >= 4 is 61.5 Å². The van der Waals surface area contributed by atoms with Crippen molar-refractivity contribution in [2.45, 2.75) is 0 Å². The topological polar surface area (TPSA) is 44.8 Å². The van der Waals surface area contributed by atoms with Crippen LogP contribution in [0.25, 0.3) is 0 Å². The van der Waals surface area contributed by atoms with E-state index in [-0.39, 0.29) is 33.0 Å². The van der Waals surface area contributed by atoms with Crippen LogP contribution in [0.15, 0.2) is 30.3 Å². The predicted molar refractivity (Wildman–Crippen MR) is 101 cm³/mol. The number of methoxy groups -OCH3 is 3. The molecule has 0 bridgehead atoms. The van der Waals surface area contributed by atoms with E-state index in [2.05, 4.69) is 0 Å². The van der Waals surface area contributed by atoms with E-state index in [0.717, 1.165) is 0 Å². The first-order chi connectivity index (χ1) is 11.0. The van der Waals surface area contributed by atoms with Gasteiger partial charge in [-0.3, -0.25) is 4.79 Å². The van der Waals surface area contributed by atoms with Crippen LogP contribution < -0.4 is 19.5 Å². The number of hydrogen-bond acceptors (Lipinski definition) is 4. The van der Waals surface area contributed by atoms with Crippen molar-refractivity contribution in [2.24, 2.45) is 0 Å². The van der Waals surface area contributed by atoms with Crippen LogP contribution in [0.4, 0.5) is 0 Å². The van der Waals surface area contributed by atoms with Crippen molar-refractivity contribution in [1.82, 2.24) is 0 Å². The van der Waals surface area contributed by atoms with Gasteiger partial charge in [-0.1, -0.05) is 29.3 Å². The smallest absolute Gasteiger partial charge is 0.188 e. The fraction of sp³-hybridized carbons (Fsp3) is 0.188. The molecule has 0 aromatic heterocycles. The zero-order chi connectivity index (χ0) is 17.0. The Kier molecular flexibility index (Phi) is 8.43. The number of rotatable bonds is 6. The summed E-state index contributed by atoms with van der Waals surface area (Å²) in [5, 5.41) is 1.28. The second-order valence-electron chi connectivity index (χ2n) is 4.46. The summed E-state index contributed by atoms with van der Waals surface area (Å²) in [6.45, 7) is 0. The summed E-state index contributed by atoms with van der Waals surface area (Å²) in [4.78, 5) is 12.6. The molecule has 4 nitrogen and oxygen atoms in total. The molecule has 2 aromatic carbocycles. The van der Waals surface area contributed by atoms with Gasteiger partial charge in [0, 0.05) is 31.0 Å². The van der Waals surface area contributed by atoms with Crippen molar-refractivity contribution in [2.75, 3.05) is 21.3 Å². The van der Waals surface area contributed by atoms with Crippen molar-refractivity contribution in [3.8, 4) is 17.2 Å². The van der Waals surface area contributed by atoms with Gasteiger partial charge in [0.1, 0.15) is 17.2 Å². The van der Waals surface area contributed by atoms with Gasteiger partial charge in [0.2, 0.25) is 0 Å². The standard InChI is InChI=1S/C16H15Cl2O4P.Li/c1-20-9-7-12(21-2)15(13(8-9)22-3)23-16(19)14-10(17)5-4-6-11(14)18;/h4-8,23H,1-3H3;. The van der Waals surface area contributed by atoms with Crippen LogP contribution in [0, 0.1) is 0 Å². The third-order valence-electron chi connectivity index (χ3n) is 3.14. The molecule has 0 aliphatic heterocycles. The third kappa shape index (κ3) is 4.60. The largest absolute Gasteiger partial charge is 0.496 e. The Hall–Kier alpha value is -0.883. The SMILES string of the molecule is COc1cc(OC)c(PC(=O)c2c(Cl)cccc2Cl)c(OC)c1.[Li]. The third-order valence-corrected chi connectivity index (χ3v) is 4.99. The second kappa shape index (κ2) is 9.56. The molecule has 0 fully saturated rings. The molecule has 2 rings (SSSR count). The molecular weight excluding hydrogens is 365 g/mol. The molecule has 123 valence electrons. The minimum atomic E-state index is -0.256. The Balaban J connectivity index is 0.00000288. The minimum absolute atomic E-state index is 0. The van der Waals surface area contributed by atoms with E-state index >= 15 is 0 Å². The van der Waals surface area contributed by atoms with Crippen LogP contribution in [0.1, 0.15) is 10.4 Å². The molecule has 0 heterocycles. The number of carbonyl (C=O) groups excluding carboxylic acids is 1. The molecule has 24 heavy (non-hydrogen) atoms. The van der Waals surface area contributed by atoms with E-state index in [9.17, 15) is 4.79 Å².